The summed E-state index contributed by atoms with van der Waals surface area (Å²) in [5.74, 6) is -3.05. The summed E-state index contributed by atoms with van der Waals surface area (Å²) in [6.07, 6.45) is -0.529. The Morgan fingerprint density at radius 1 is 1.17 bits per heavy atom. The minimum absolute atomic E-state index is 0.176. The van der Waals surface area contributed by atoms with Crippen LogP contribution >= 0.6 is 0 Å². The molecule has 0 bridgehead atoms. The van der Waals surface area contributed by atoms with E-state index in [2.05, 4.69) is 4.74 Å². The van der Waals surface area contributed by atoms with Crippen molar-refractivity contribution in [2.24, 2.45) is 5.92 Å². The van der Waals surface area contributed by atoms with Crippen molar-refractivity contribution < 1.29 is 37.4 Å². The van der Waals surface area contributed by atoms with E-state index in [0.717, 1.165) is 18.4 Å². The summed E-state index contributed by atoms with van der Waals surface area (Å²) in [6, 6.07) is 5.92. The van der Waals surface area contributed by atoms with Crippen LogP contribution in [0.15, 0.2) is 24.3 Å². The fraction of sp³-hybridized carbons (Fsp3) is 0.625. The number of urea groups is 1. The average molecular weight is 498 g/mol. The van der Waals surface area contributed by atoms with Gasteiger partial charge >= 0.3 is 24.1 Å². The second-order valence-corrected chi connectivity index (χ2v) is 10.2. The van der Waals surface area contributed by atoms with Gasteiger partial charge in [0.05, 0.1) is 5.54 Å². The van der Waals surface area contributed by atoms with Crippen molar-refractivity contribution >= 4 is 18.0 Å². The normalized spacial score (nSPS) is 27.1. The van der Waals surface area contributed by atoms with E-state index in [9.17, 15) is 32.7 Å². The molecule has 35 heavy (non-hydrogen) atoms. The number of carbonyl (C=O) groups is 3. The molecular weight excluding hydrogens is 467 g/mol. The van der Waals surface area contributed by atoms with Gasteiger partial charge in [0.25, 0.3) is 0 Å². The van der Waals surface area contributed by atoms with Crippen LogP contribution in [0.5, 0.6) is 5.75 Å². The fourth-order valence-electron chi connectivity index (χ4n) is 5.56. The van der Waals surface area contributed by atoms with Crippen molar-refractivity contribution in [1.29, 1.82) is 0 Å². The van der Waals surface area contributed by atoms with Gasteiger partial charge in [-0.05, 0) is 76.2 Å². The van der Waals surface area contributed by atoms with E-state index in [4.69, 9.17) is 0 Å². The molecule has 1 aromatic rings. The lowest BCUT2D eigenvalue weighted by Gasteiger charge is -2.51. The van der Waals surface area contributed by atoms with Gasteiger partial charge in [-0.2, -0.15) is 13.2 Å². The van der Waals surface area contributed by atoms with E-state index in [-0.39, 0.29) is 18.3 Å². The quantitative estimate of drug-likeness (QED) is 0.459. The van der Waals surface area contributed by atoms with Crippen LogP contribution in [0.2, 0.25) is 0 Å². The predicted molar refractivity (Wildman–Crippen MR) is 119 cm³/mol. The highest BCUT2D eigenvalue weighted by Gasteiger charge is 2.55. The lowest BCUT2D eigenvalue weighted by molar-refractivity contribution is -0.189. The Morgan fingerprint density at radius 2 is 1.83 bits per heavy atom. The van der Waals surface area contributed by atoms with Gasteiger partial charge in [-0.1, -0.05) is 12.1 Å². The predicted octanol–water partition coefficient (Wildman–Crippen LogP) is 3.46. The van der Waals surface area contributed by atoms with Gasteiger partial charge in [-0.15, -0.1) is 0 Å². The van der Waals surface area contributed by atoms with Crippen LogP contribution in [0.4, 0.5) is 18.0 Å². The van der Waals surface area contributed by atoms with E-state index in [0.29, 0.717) is 44.7 Å². The molecule has 4 rings (SSSR count). The molecule has 0 radical (unpaired) electrons. The Bertz CT molecular complexity index is 1000. The van der Waals surface area contributed by atoms with Crippen molar-refractivity contribution in [3.8, 4) is 5.75 Å². The van der Waals surface area contributed by atoms with Crippen LogP contribution in [0.1, 0.15) is 44.1 Å². The topological polar surface area (TPSA) is 90.4 Å². The van der Waals surface area contributed by atoms with Crippen LogP contribution < -0.4 is 4.74 Å². The molecule has 1 aromatic carbocycles. The molecule has 1 heterocycles. The molecule has 3 aliphatic rings. The molecule has 0 aromatic heterocycles. The highest BCUT2D eigenvalue weighted by atomic mass is 19.4. The average Bonchev–Trinajstić information content (AvgIpc) is 3.56. The first-order valence-electron chi connectivity index (χ1n) is 11.7. The van der Waals surface area contributed by atoms with Crippen molar-refractivity contribution in [3.05, 3.63) is 29.8 Å². The van der Waals surface area contributed by atoms with E-state index in [1.165, 1.54) is 17.0 Å². The maximum absolute atomic E-state index is 13.1. The summed E-state index contributed by atoms with van der Waals surface area (Å²) in [6.45, 7) is 0.623. The van der Waals surface area contributed by atoms with E-state index in [1.54, 1.807) is 12.1 Å². The smallest absolute Gasteiger partial charge is 0.480 e. The van der Waals surface area contributed by atoms with Gasteiger partial charge in [0, 0.05) is 18.6 Å². The number of nitrogens with zero attached hydrogens (tertiary/aromatic N) is 3. The minimum Gasteiger partial charge on any atom is -0.480 e. The number of benzene rings is 1. The zero-order valence-corrected chi connectivity index (χ0v) is 19.8. The van der Waals surface area contributed by atoms with Gasteiger partial charge in [0.15, 0.2) is 0 Å². The SMILES string of the molecule is CN(C)[C@]1(c2cccc(OC(=O)C(F)(F)F)c2)CC[C@@]2(CC1)CN(CC(=O)O)C(=O)N2CC1CC1. The third-order valence-corrected chi connectivity index (χ3v) is 7.70. The van der Waals surface area contributed by atoms with Crippen molar-refractivity contribution in [2.75, 3.05) is 33.7 Å². The summed E-state index contributed by atoms with van der Waals surface area (Å²) in [5, 5.41) is 9.28. The summed E-state index contributed by atoms with van der Waals surface area (Å²) in [7, 11) is 3.79. The van der Waals surface area contributed by atoms with Gasteiger partial charge in [-0.3, -0.25) is 9.69 Å². The van der Waals surface area contributed by atoms with Crippen molar-refractivity contribution in [2.45, 2.75) is 55.8 Å². The monoisotopic (exact) mass is 497 g/mol. The molecule has 192 valence electrons. The molecule has 0 unspecified atom stereocenters. The Kier molecular flexibility index (Phi) is 6.50. The molecule has 1 spiro atoms. The number of hydrogen-bond donors (Lipinski definition) is 1. The van der Waals surface area contributed by atoms with Crippen LogP contribution in [0, 0.1) is 5.92 Å². The first-order valence-corrected chi connectivity index (χ1v) is 11.7. The third kappa shape index (κ3) is 4.96. The highest BCUT2D eigenvalue weighted by Crippen LogP contribution is 2.50. The molecule has 8 nitrogen and oxygen atoms in total. The van der Waals surface area contributed by atoms with Crippen LogP contribution in [-0.2, 0) is 15.1 Å². The molecule has 2 amide bonds. The van der Waals surface area contributed by atoms with Crippen molar-refractivity contribution in [1.82, 2.24) is 14.7 Å². The zero-order valence-electron chi connectivity index (χ0n) is 19.8. The maximum Gasteiger partial charge on any atom is 0.491 e. The van der Waals surface area contributed by atoms with Gasteiger partial charge in [0.2, 0.25) is 0 Å². The van der Waals surface area contributed by atoms with Crippen LogP contribution in [0.3, 0.4) is 0 Å². The van der Waals surface area contributed by atoms with Gasteiger partial charge in [-0.25, -0.2) is 9.59 Å². The number of amides is 2. The summed E-state index contributed by atoms with van der Waals surface area (Å²) in [4.78, 5) is 41.1. The molecule has 2 saturated carbocycles. The van der Waals surface area contributed by atoms with Crippen LogP contribution in [-0.4, -0.2) is 83.2 Å². The number of halogens is 3. The molecule has 2 aliphatic carbocycles. The first kappa shape index (κ1) is 25.3. The molecule has 11 heteroatoms. The van der Waals surface area contributed by atoms with E-state index in [1.807, 2.05) is 23.9 Å². The number of carboxylic acids is 1. The highest BCUT2D eigenvalue weighted by molar-refractivity contribution is 5.83. The molecule has 1 saturated heterocycles. The number of rotatable bonds is 7. The largest absolute Gasteiger partial charge is 0.491 e. The number of alkyl halides is 3. The van der Waals surface area contributed by atoms with Gasteiger partial charge < -0.3 is 19.6 Å². The summed E-state index contributed by atoms with van der Waals surface area (Å²) < 4.78 is 42.6. The number of ether oxygens (including phenoxy) is 1. The Labute approximate surface area is 201 Å². The number of aliphatic carboxylic acids is 1. The lowest BCUT2D eigenvalue weighted by Crippen LogP contribution is -2.55. The Morgan fingerprint density at radius 3 is 2.37 bits per heavy atom. The summed E-state index contributed by atoms with van der Waals surface area (Å²) >= 11 is 0. The number of hydrogen-bond acceptors (Lipinski definition) is 5. The van der Waals surface area contributed by atoms with Crippen LogP contribution in [0.25, 0.3) is 0 Å². The van der Waals surface area contributed by atoms with Gasteiger partial charge in [0.1, 0.15) is 12.3 Å². The lowest BCUT2D eigenvalue weighted by atomic mass is 9.68. The molecule has 1 aliphatic heterocycles. The number of carbonyl (C=O) groups excluding carboxylic acids is 2. The van der Waals surface area contributed by atoms with E-state index >= 15 is 0 Å². The second-order valence-electron chi connectivity index (χ2n) is 10.2. The third-order valence-electron chi connectivity index (χ3n) is 7.70. The Balaban J connectivity index is 1.58. The molecular formula is C24H30F3N3O5. The van der Waals surface area contributed by atoms with E-state index < -0.39 is 29.2 Å². The fourth-order valence-corrected chi connectivity index (χ4v) is 5.56. The molecule has 0 atom stereocenters. The number of carboxylic acid groups (broad SMARTS) is 1. The first-order chi connectivity index (χ1) is 16.4. The summed E-state index contributed by atoms with van der Waals surface area (Å²) in [5.41, 5.74) is -0.291. The van der Waals surface area contributed by atoms with Crippen molar-refractivity contribution in [3.63, 3.8) is 0 Å². The molecule has 1 N–H and O–H groups in total. The minimum atomic E-state index is -5.09. The number of esters is 1. The Hall–Kier alpha value is -2.82. The second kappa shape index (κ2) is 9.00. The zero-order chi connectivity index (χ0) is 25.6. The maximum atomic E-state index is 13.1. The molecule has 3 fully saturated rings. The standard InChI is InChI=1S/C24H30F3N3O5/c1-28(2)23(17-4-3-5-18(12-17)35-20(33)24(25,26)27)10-8-22(9-11-23)15-29(14-19(31)32)21(34)30(22)13-16-6-7-16/h3-5,12,16H,6-11,13-15H2,1-2H3,(H,31,32)/t22-,23-.